The first-order valence-electron chi connectivity index (χ1n) is 3.90. The molecule has 0 heterocycles. The molecule has 11 heavy (non-hydrogen) atoms. The Bertz CT molecular complexity index is 406. The fourth-order valence-corrected chi connectivity index (χ4v) is 1.98. The maximum Gasteiger partial charge on any atom is -0.00759 e. The molecule has 0 saturated heterocycles. The van der Waals surface area contributed by atoms with E-state index in [9.17, 15) is 0 Å². The molecule has 4 bridgehead atoms. The van der Waals surface area contributed by atoms with E-state index >= 15 is 0 Å². The lowest BCUT2D eigenvalue weighted by Gasteiger charge is -1.99. The molecule has 0 radical (unpaired) electrons. The number of benzene rings is 1. The second-order valence-corrected chi connectivity index (χ2v) is 3.19. The highest BCUT2D eigenvalue weighted by atomic mass is 14.2. The van der Waals surface area contributed by atoms with Crippen molar-refractivity contribution in [1.82, 2.24) is 0 Å². The number of aryl methyl sites for hydroxylation is 1. The van der Waals surface area contributed by atoms with Gasteiger partial charge in [-0.3, -0.25) is 0 Å². The topological polar surface area (TPSA) is 0 Å². The lowest BCUT2D eigenvalue weighted by molar-refractivity contribution is 1.44. The molecule has 0 heteroatoms. The maximum atomic E-state index is 2.26. The summed E-state index contributed by atoms with van der Waals surface area (Å²) in [4.78, 5) is 0. The quantitative estimate of drug-likeness (QED) is 0.519. The zero-order valence-corrected chi connectivity index (χ0v) is 6.39. The van der Waals surface area contributed by atoms with Crippen LogP contribution in [0.2, 0.25) is 0 Å². The van der Waals surface area contributed by atoms with Crippen LogP contribution < -0.4 is 0 Å². The van der Waals surface area contributed by atoms with E-state index in [2.05, 4.69) is 37.3 Å². The van der Waals surface area contributed by atoms with Crippen molar-refractivity contribution in [2.45, 2.75) is 6.92 Å². The minimum Gasteiger partial charge on any atom is -0.0581 e. The number of hydrogen-bond donors (Lipinski definition) is 0. The summed E-state index contributed by atoms with van der Waals surface area (Å²) in [5, 5.41) is 0. The molecule has 0 nitrogen and oxygen atoms in total. The molecule has 2 aliphatic rings. The third-order valence-electron chi connectivity index (χ3n) is 2.52. The second kappa shape index (κ2) is 1.48. The van der Waals surface area contributed by atoms with Crippen LogP contribution in [0.15, 0.2) is 18.2 Å². The summed E-state index contributed by atoms with van der Waals surface area (Å²) < 4.78 is 0. The molecular formula is C11H8. The average molecular weight is 140 g/mol. The van der Waals surface area contributed by atoms with Crippen molar-refractivity contribution in [3.8, 4) is 0 Å². The Balaban J connectivity index is 2.55. The smallest absolute Gasteiger partial charge is 0.00759 e. The van der Waals surface area contributed by atoms with Gasteiger partial charge in [-0.2, -0.15) is 0 Å². The standard InChI is InChI=1S/C11H8/c1-7-2-3-8-6-9-4-5-10(8)11(7)9/h2-6H,1H3. The molecule has 0 atom stereocenters. The van der Waals surface area contributed by atoms with Gasteiger partial charge in [0, 0.05) is 0 Å². The van der Waals surface area contributed by atoms with Crippen molar-refractivity contribution in [2.75, 3.05) is 0 Å². The average Bonchev–Trinajstić information content (AvgIpc) is 2.52. The highest BCUT2D eigenvalue weighted by Crippen LogP contribution is 2.41. The van der Waals surface area contributed by atoms with Gasteiger partial charge >= 0.3 is 0 Å². The van der Waals surface area contributed by atoms with Crippen LogP contribution in [0.3, 0.4) is 0 Å². The zero-order chi connectivity index (χ0) is 7.42. The van der Waals surface area contributed by atoms with Gasteiger partial charge < -0.3 is 0 Å². The van der Waals surface area contributed by atoms with Crippen LogP contribution in [0.4, 0.5) is 0 Å². The highest BCUT2D eigenvalue weighted by Gasteiger charge is 2.21. The fourth-order valence-electron chi connectivity index (χ4n) is 1.98. The molecule has 1 aromatic rings. The van der Waals surface area contributed by atoms with E-state index in [1.165, 1.54) is 27.8 Å². The van der Waals surface area contributed by atoms with Crippen molar-refractivity contribution in [2.24, 2.45) is 0 Å². The van der Waals surface area contributed by atoms with Crippen LogP contribution in [0, 0.1) is 6.92 Å². The predicted octanol–water partition coefficient (Wildman–Crippen LogP) is 2.88. The zero-order valence-electron chi connectivity index (χ0n) is 6.39. The summed E-state index contributed by atoms with van der Waals surface area (Å²) in [5.74, 6) is 0. The summed E-state index contributed by atoms with van der Waals surface area (Å²) in [7, 11) is 0. The van der Waals surface area contributed by atoms with Crippen molar-refractivity contribution in [3.05, 3.63) is 40.5 Å². The van der Waals surface area contributed by atoms with Gasteiger partial charge in [-0.25, -0.2) is 0 Å². The highest BCUT2D eigenvalue weighted by molar-refractivity contribution is 6.06. The monoisotopic (exact) mass is 140 g/mol. The molecule has 2 aliphatic carbocycles. The molecule has 0 saturated carbocycles. The van der Waals surface area contributed by atoms with Crippen molar-refractivity contribution in [1.29, 1.82) is 0 Å². The summed E-state index contributed by atoms with van der Waals surface area (Å²) in [6.07, 6.45) is 6.68. The summed E-state index contributed by atoms with van der Waals surface area (Å²) in [5.41, 5.74) is 7.08. The van der Waals surface area contributed by atoms with E-state index in [1.54, 1.807) is 0 Å². The van der Waals surface area contributed by atoms with Crippen LogP contribution in [0.25, 0.3) is 17.7 Å². The molecule has 0 amide bonds. The molecule has 0 aliphatic heterocycles. The van der Waals surface area contributed by atoms with Crippen LogP contribution >= 0.6 is 0 Å². The van der Waals surface area contributed by atoms with E-state index in [-0.39, 0.29) is 0 Å². The third kappa shape index (κ3) is 0.474. The molecule has 0 fully saturated rings. The molecule has 1 aromatic carbocycles. The largest absolute Gasteiger partial charge is 0.0581 e. The van der Waals surface area contributed by atoms with Crippen LogP contribution in [0.5, 0.6) is 0 Å². The van der Waals surface area contributed by atoms with Gasteiger partial charge in [0.1, 0.15) is 0 Å². The Labute approximate surface area is 65.9 Å². The predicted molar refractivity (Wildman–Crippen MR) is 48.1 cm³/mol. The van der Waals surface area contributed by atoms with E-state index < -0.39 is 0 Å². The molecule has 52 valence electrons. The Hall–Kier alpha value is -1.30. The van der Waals surface area contributed by atoms with Gasteiger partial charge in [-0.05, 0) is 40.8 Å². The molecule has 3 rings (SSSR count). The van der Waals surface area contributed by atoms with Crippen LogP contribution in [-0.4, -0.2) is 0 Å². The molecule has 0 N–H and O–H groups in total. The van der Waals surface area contributed by atoms with Crippen LogP contribution in [-0.2, 0) is 0 Å². The van der Waals surface area contributed by atoms with E-state index in [0.717, 1.165) is 0 Å². The Morgan fingerprint density at radius 1 is 1.09 bits per heavy atom. The lowest BCUT2D eigenvalue weighted by Crippen LogP contribution is -1.82. The fraction of sp³-hybridized carbons (Fsp3) is 0.0909. The summed E-state index contributed by atoms with van der Waals surface area (Å²) in [6, 6.07) is 4.40. The van der Waals surface area contributed by atoms with E-state index in [0.29, 0.717) is 0 Å². The lowest BCUT2D eigenvalue weighted by atomic mass is 10.0. The third-order valence-corrected chi connectivity index (χ3v) is 2.52. The molecule has 0 aromatic heterocycles. The number of hydrogen-bond acceptors (Lipinski definition) is 0. The normalized spacial score (nSPS) is 15.9. The van der Waals surface area contributed by atoms with Gasteiger partial charge in [0.05, 0.1) is 0 Å². The Morgan fingerprint density at radius 2 is 2.00 bits per heavy atom. The first-order chi connectivity index (χ1) is 5.36. The van der Waals surface area contributed by atoms with Crippen molar-refractivity contribution in [3.63, 3.8) is 0 Å². The van der Waals surface area contributed by atoms with E-state index in [1.807, 2.05) is 0 Å². The number of allylic oxidation sites excluding steroid dienone is 2. The number of rotatable bonds is 0. The SMILES string of the molecule is Cc1ccc2c3c1C(=C2)C=C3. The summed E-state index contributed by atoms with van der Waals surface area (Å²) in [6.45, 7) is 2.18. The first kappa shape index (κ1) is 5.36. The maximum absolute atomic E-state index is 2.26. The van der Waals surface area contributed by atoms with Crippen molar-refractivity contribution >= 4 is 17.7 Å². The summed E-state index contributed by atoms with van der Waals surface area (Å²) >= 11 is 0. The van der Waals surface area contributed by atoms with Gasteiger partial charge in [0.2, 0.25) is 0 Å². The molecule has 0 unspecified atom stereocenters. The minimum atomic E-state index is 1.39. The Kier molecular flexibility index (Phi) is 0.719. The Morgan fingerprint density at radius 3 is 2.82 bits per heavy atom. The molecular weight excluding hydrogens is 132 g/mol. The van der Waals surface area contributed by atoms with Gasteiger partial charge in [0.15, 0.2) is 0 Å². The van der Waals surface area contributed by atoms with Gasteiger partial charge in [-0.1, -0.05) is 24.3 Å². The minimum absolute atomic E-state index is 1.39. The van der Waals surface area contributed by atoms with Crippen LogP contribution in [0.1, 0.15) is 22.3 Å². The second-order valence-electron chi connectivity index (χ2n) is 3.19. The first-order valence-corrected chi connectivity index (χ1v) is 3.90. The van der Waals surface area contributed by atoms with Gasteiger partial charge in [0.25, 0.3) is 0 Å². The van der Waals surface area contributed by atoms with Gasteiger partial charge in [-0.15, -0.1) is 0 Å². The van der Waals surface area contributed by atoms with Crippen molar-refractivity contribution < 1.29 is 0 Å². The molecule has 0 spiro atoms. The van der Waals surface area contributed by atoms with E-state index in [4.69, 9.17) is 0 Å².